The van der Waals surface area contributed by atoms with E-state index >= 15 is 0 Å². The van der Waals surface area contributed by atoms with Crippen LogP contribution >= 0.6 is 0 Å². The van der Waals surface area contributed by atoms with Gasteiger partial charge in [0.1, 0.15) is 5.60 Å². The van der Waals surface area contributed by atoms with Gasteiger partial charge in [-0.2, -0.15) is 0 Å². The molecule has 1 unspecified atom stereocenters. The van der Waals surface area contributed by atoms with E-state index in [0.717, 1.165) is 0 Å². The van der Waals surface area contributed by atoms with E-state index in [2.05, 4.69) is 5.32 Å². The van der Waals surface area contributed by atoms with Crippen molar-refractivity contribution in [3.05, 3.63) is 0 Å². The molecule has 1 aliphatic heterocycles. The molecule has 0 radical (unpaired) electrons. The summed E-state index contributed by atoms with van der Waals surface area (Å²) in [5.74, 6) is -0.504. The van der Waals surface area contributed by atoms with Crippen LogP contribution in [0.4, 0.5) is 4.79 Å². The van der Waals surface area contributed by atoms with E-state index in [1.54, 1.807) is 20.8 Å². The van der Waals surface area contributed by atoms with Crippen LogP contribution in [-0.2, 0) is 14.3 Å². The molecule has 6 nitrogen and oxygen atoms in total. The highest BCUT2D eigenvalue weighted by molar-refractivity contribution is 6.03. The van der Waals surface area contributed by atoms with Crippen molar-refractivity contribution in [2.24, 2.45) is 5.92 Å². The van der Waals surface area contributed by atoms with Gasteiger partial charge < -0.3 is 10.1 Å². The second-order valence-electron chi connectivity index (χ2n) is 5.62. The largest absolute Gasteiger partial charge is 0.444 e. The van der Waals surface area contributed by atoms with Crippen LogP contribution in [0.25, 0.3) is 0 Å². The van der Waals surface area contributed by atoms with Gasteiger partial charge in [0.15, 0.2) is 0 Å². The third-order valence-electron chi connectivity index (χ3n) is 2.83. The van der Waals surface area contributed by atoms with Crippen molar-refractivity contribution in [2.75, 3.05) is 13.1 Å². The molecule has 1 fully saturated rings. The molecule has 0 spiro atoms. The monoisotopic (exact) mass is 270 g/mol. The number of carbonyl (C=O) groups is 3. The molecule has 0 saturated carbocycles. The third kappa shape index (κ3) is 4.54. The summed E-state index contributed by atoms with van der Waals surface area (Å²) in [6.07, 6.45) is 0.404. The Balaban J connectivity index is 2.36. The van der Waals surface area contributed by atoms with Crippen LogP contribution in [0.2, 0.25) is 0 Å². The number of ether oxygens (including phenoxy) is 1. The topological polar surface area (TPSA) is 75.7 Å². The average molecular weight is 270 g/mol. The van der Waals surface area contributed by atoms with Gasteiger partial charge in [-0.25, -0.2) is 4.79 Å². The fourth-order valence-corrected chi connectivity index (χ4v) is 1.89. The Labute approximate surface area is 113 Å². The van der Waals surface area contributed by atoms with Gasteiger partial charge in [-0.05, 0) is 27.2 Å². The van der Waals surface area contributed by atoms with E-state index in [1.165, 1.54) is 4.90 Å². The molecule has 1 N–H and O–H groups in total. The zero-order chi connectivity index (χ0) is 14.6. The van der Waals surface area contributed by atoms with Crippen LogP contribution in [0.1, 0.15) is 40.5 Å². The SMILES string of the molecule is CCC1CC(=O)N(CCNC(=O)OC(C)(C)C)C1=O. The Morgan fingerprint density at radius 3 is 2.53 bits per heavy atom. The van der Waals surface area contributed by atoms with Gasteiger partial charge in [-0.15, -0.1) is 0 Å². The molecule has 19 heavy (non-hydrogen) atoms. The minimum atomic E-state index is -0.559. The third-order valence-corrected chi connectivity index (χ3v) is 2.83. The molecule has 1 heterocycles. The van der Waals surface area contributed by atoms with Crippen LogP contribution in [0.15, 0.2) is 0 Å². The summed E-state index contributed by atoms with van der Waals surface area (Å²) in [4.78, 5) is 36.0. The summed E-state index contributed by atoms with van der Waals surface area (Å²) >= 11 is 0. The maximum atomic E-state index is 11.8. The number of nitrogens with zero attached hydrogens (tertiary/aromatic N) is 1. The number of carbonyl (C=O) groups excluding carboxylic acids is 3. The Kier molecular flexibility index (Phi) is 4.91. The van der Waals surface area contributed by atoms with Crippen molar-refractivity contribution >= 4 is 17.9 Å². The van der Waals surface area contributed by atoms with Crippen LogP contribution in [0.3, 0.4) is 0 Å². The Morgan fingerprint density at radius 2 is 2.05 bits per heavy atom. The molecule has 0 aromatic rings. The molecule has 1 saturated heterocycles. The van der Waals surface area contributed by atoms with Crippen molar-refractivity contribution in [1.82, 2.24) is 10.2 Å². The van der Waals surface area contributed by atoms with Gasteiger partial charge in [0.2, 0.25) is 11.8 Å². The average Bonchev–Trinajstić information content (AvgIpc) is 2.53. The maximum absolute atomic E-state index is 11.8. The van der Waals surface area contributed by atoms with Crippen LogP contribution in [0.5, 0.6) is 0 Å². The molecule has 1 rings (SSSR count). The van der Waals surface area contributed by atoms with Crippen molar-refractivity contribution in [3.63, 3.8) is 0 Å². The lowest BCUT2D eigenvalue weighted by Crippen LogP contribution is -2.40. The lowest BCUT2D eigenvalue weighted by Gasteiger charge is -2.20. The summed E-state index contributed by atoms with van der Waals surface area (Å²) < 4.78 is 5.06. The van der Waals surface area contributed by atoms with E-state index < -0.39 is 11.7 Å². The fraction of sp³-hybridized carbons (Fsp3) is 0.769. The predicted octanol–water partition coefficient (Wildman–Crippen LogP) is 1.30. The second-order valence-corrected chi connectivity index (χ2v) is 5.62. The molecular weight excluding hydrogens is 248 g/mol. The van der Waals surface area contributed by atoms with Crippen molar-refractivity contribution in [2.45, 2.75) is 46.1 Å². The van der Waals surface area contributed by atoms with Crippen molar-refractivity contribution in [1.29, 1.82) is 0 Å². The van der Waals surface area contributed by atoms with E-state index in [9.17, 15) is 14.4 Å². The molecular formula is C13H22N2O4. The van der Waals surface area contributed by atoms with E-state index in [1.807, 2.05) is 6.92 Å². The summed E-state index contributed by atoms with van der Waals surface area (Å²) in [5, 5.41) is 2.53. The molecule has 1 atom stereocenters. The zero-order valence-electron chi connectivity index (χ0n) is 12.0. The van der Waals surface area contributed by atoms with Gasteiger partial charge in [0.05, 0.1) is 0 Å². The minimum Gasteiger partial charge on any atom is -0.444 e. The summed E-state index contributed by atoms with van der Waals surface area (Å²) in [6, 6.07) is 0. The maximum Gasteiger partial charge on any atom is 0.407 e. The van der Waals surface area contributed by atoms with Gasteiger partial charge in [0, 0.05) is 25.4 Å². The zero-order valence-corrected chi connectivity index (χ0v) is 12.0. The Hall–Kier alpha value is -1.59. The molecule has 0 aromatic heterocycles. The Morgan fingerprint density at radius 1 is 1.42 bits per heavy atom. The lowest BCUT2D eigenvalue weighted by molar-refractivity contribution is -0.139. The minimum absolute atomic E-state index is 0.140. The molecule has 0 bridgehead atoms. The number of alkyl carbamates (subject to hydrolysis) is 1. The van der Waals surface area contributed by atoms with E-state index in [-0.39, 0.29) is 37.2 Å². The normalized spacial score (nSPS) is 19.8. The number of rotatable bonds is 4. The number of hydrogen-bond donors (Lipinski definition) is 1. The quantitative estimate of drug-likeness (QED) is 0.781. The van der Waals surface area contributed by atoms with Gasteiger partial charge in [0.25, 0.3) is 0 Å². The fourth-order valence-electron chi connectivity index (χ4n) is 1.89. The highest BCUT2D eigenvalue weighted by Gasteiger charge is 2.36. The molecule has 3 amide bonds. The first-order valence-electron chi connectivity index (χ1n) is 6.55. The standard InChI is InChI=1S/C13H22N2O4/c1-5-9-8-10(16)15(11(9)17)7-6-14-12(18)19-13(2,3)4/h9H,5-8H2,1-4H3,(H,14,18). The van der Waals surface area contributed by atoms with E-state index in [4.69, 9.17) is 4.74 Å². The number of hydrogen-bond acceptors (Lipinski definition) is 4. The molecule has 1 aliphatic rings. The van der Waals surface area contributed by atoms with Gasteiger partial charge >= 0.3 is 6.09 Å². The molecule has 0 aliphatic carbocycles. The summed E-state index contributed by atoms with van der Waals surface area (Å²) in [6.45, 7) is 7.61. The highest BCUT2D eigenvalue weighted by Crippen LogP contribution is 2.21. The first-order valence-corrected chi connectivity index (χ1v) is 6.55. The van der Waals surface area contributed by atoms with Crippen LogP contribution in [0, 0.1) is 5.92 Å². The Bertz CT molecular complexity index is 373. The predicted molar refractivity (Wildman–Crippen MR) is 69.4 cm³/mol. The number of nitrogens with one attached hydrogen (secondary N) is 1. The molecule has 108 valence electrons. The van der Waals surface area contributed by atoms with Gasteiger partial charge in [-0.1, -0.05) is 6.92 Å². The lowest BCUT2D eigenvalue weighted by atomic mass is 10.1. The van der Waals surface area contributed by atoms with Crippen LogP contribution in [-0.4, -0.2) is 41.5 Å². The number of imide groups is 1. The van der Waals surface area contributed by atoms with Crippen molar-refractivity contribution < 1.29 is 19.1 Å². The molecule has 0 aromatic carbocycles. The summed E-state index contributed by atoms with van der Waals surface area (Å²) in [7, 11) is 0. The smallest absolute Gasteiger partial charge is 0.407 e. The number of likely N-dealkylation sites (tertiary alicyclic amines) is 1. The van der Waals surface area contributed by atoms with Crippen molar-refractivity contribution in [3.8, 4) is 0 Å². The van der Waals surface area contributed by atoms with E-state index in [0.29, 0.717) is 6.42 Å². The highest BCUT2D eigenvalue weighted by atomic mass is 16.6. The first kappa shape index (κ1) is 15.5. The summed E-state index contributed by atoms with van der Waals surface area (Å²) in [5.41, 5.74) is -0.559. The second kappa shape index (κ2) is 6.04. The van der Waals surface area contributed by atoms with Gasteiger partial charge in [-0.3, -0.25) is 14.5 Å². The number of amides is 3. The van der Waals surface area contributed by atoms with Crippen LogP contribution < -0.4 is 5.32 Å². The first-order chi connectivity index (χ1) is 8.74. The molecule has 6 heteroatoms.